The number of rotatable bonds is 5. The SMILES string of the molecule is O=c1[nH]c(O)c(C=c2cnn3c(=NC4CC4)nc(NCc4ccc(F)cc4F)nc23)[nH]1. The van der Waals surface area contributed by atoms with Gasteiger partial charge < -0.3 is 15.4 Å². The largest absolute Gasteiger partial charge is 0.493 e. The molecular weight excluding hydrogens is 410 g/mol. The van der Waals surface area contributed by atoms with Crippen LogP contribution in [0.3, 0.4) is 0 Å². The van der Waals surface area contributed by atoms with Crippen LogP contribution < -0.4 is 21.8 Å². The van der Waals surface area contributed by atoms with Gasteiger partial charge >= 0.3 is 5.69 Å². The third-order valence-corrected chi connectivity index (χ3v) is 4.71. The van der Waals surface area contributed by atoms with E-state index in [1.54, 1.807) is 0 Å². The summed E-state index contributed by atoms with van der Waals surface area (Å²) in [5, 5.41) is 17.5. The minimum atomic E-state index is -0.679. The van der Waals surface area contributed by atoms with Crippen LogP contribution >= 0.6 is 0 Å². The maximum absolute atomic E-state index is 13.9. The average Bonchev–Trinajstić information content (AvgIpc) is 3.36. The van der Waals surface area contributed by atoms with Gasteiger partial charge in [0.1, 0.15) is 17.3 Å². The molecule has 3 heterocycles. The van der Waals surface area contributed by atoms with Crippen molar-refractivity contribution in [3.05, 3.63) is 68.6 Å². The van der Waals surface area contributed by atoms with Crippen LogP contribution in [0.5, 0.6) is 5.88 Å². The predicted molar refractivity (Wildman–Crippen MR) is 105 cm³/mol. The first-order chi connectivity index (χ1) is 15.0. The van der Waals surface area contributed by atoms with Crippen molar-refractivity contribution in [1.82, 2.24) is 29.5 Å². The number of nitrogens with one attached hydrogen (secondary N) is 3. The molecule has 3 aromatic heterocycles. The van der Waals surface area contributed by atoms with E-state index in [4.69, 9.17) is 0 Å². The quantitative estimate of drug-likeness (QED) is 0.364. The van der Waals surface area contributed by atoms with Crippen LogP contribution in [0.4, 0.5) is 14.7 Å². The van der Waals surface area contributed by atoms with Crippen LogP contribution in [0, 0.1) is 11.6 Å². The van der Waals surface area contributed by atoms with Gasteiger partial charge in [-0.2, -0.15) is 19.6 Å². The van der Waals surface area contributed by atoms with Gasteiger partial charge in [-0.3, -0.25) is 4.98 Å². The van der Waals surface area contributed by atoms with Gasteiger partial charge in [-0.05, 0) is 25.0 Å². The smallest absolute Gasteiger partial charge is 0.326 e. The lowest BCUT2D eigenvalue weighted by molar-refractivity contribution is 0.454. The molecule has 12 heteroatoms. The lowest BCUT2D eigenvalue weighted by atomic mass is 10.2. The van der Waals surface area contributed by atoms with Crippen molar-refractivity contribution < 1.29 is 13.9 Å². The Bertz CT molecular complexity index is 1470. The van der Waals surface area contributed by atoms with Crippen molar-refractivity contribution in [3.63, 3.8) is 0 Å². The molecule has 0 atom stereocenters. The van der Waals surface area contributed by atoms with Gasteiger partial charge in [0.25, 0.3) is 5.62 Å². The molecule has 1 aliphatic rings. The Balaban J connectivity index is 1.58. The summed E-state index contributed by atoms with van der Waals surface area (Å²) in [7, 11) is 0. The second-order valence-electron chi connectivity index (χ2n) is 7.12. The second-order valence-corrected chi connectivity index (χ2v) is 7.12. The van der Waals surface area contributed by atoms with Crippen LogP contribution in [0.1, 0.15) is 24.1 Å². The molecule has 0 spiro atoms. The van der Waals surface area contributed by atoms with E-state index in [1.807, 2.05) is 0 Å². The number of imidazole rings is 1. The standard InChI is InChI=1S/C19H16F2N8O2/c20-11-2-1-9(13(21)6-11)7-22-17-26-15-10(5-14-16(30)27-19(31)25-14)8-23-29(15)18(28-17)24-12-3-4-12/h1-2,5-6,8,12,30H,3-4,7H2,(H,22,24,28)(H2,25,27,31). The van der Waals surface area contributed by atoms with Crippen molar-refractivity contribution in [2.75, 3.05) is 5.32 Å². The van der Waals surface area contributed by atoms with Gasteiger partial charge in [0.2, 0.25) is 11.8 Å². The van der Waals surface area contributed by atoms with E-state index >= 15 is 0 Å². The number of aromatic amines is 2. The second kappa shape index (κ2) is 7.31. The number of aromatic hydroxyl groups is 1. The molecule has 0 aliphatic heterocycles. The average molecular weight is 426 g/mol. The number of nitrogens with zero attached hydrogens (tertiary/aromatic N) is 5. The third kappa shape index (κ3) is 3.86. The number of hydrogen-bond donors (Lipinski definition) is 4. The Morgan fingerprint density at radius 3 is 2.84 bits per heavy atom. The van der Waals surface area contributed by atoms with E-state index in [9.17, 15) is 18.7 Å². The van der Waals surface area contributed by atoms with Crippen LogP contribution in [-0.2, 0) is 6.54 Å². The fourth-order valence-electron chi connectivity index (χ4n) is 3.00. The normalized spacial score (nSPS) is 15.2. The minimum absolute atomic E-state index is 0.0320. The van der Waals surface area contributed by atoms with Crippen molar-refractivity contribution in [1.29, 1.82) is 0 Å². The molecule has 1 saturated carbocycles. The summed E-state index contributed by atoms with van der Waals surface area (Å²) in [4.78, 5) is 29.4. The molecule has 0 bridgehead atoms. The number of anilines is 1. The molecule has 1 aliphatic carbocycles. The molecule has 0 unspecified atom stereocenters. The number of hydrogen-bond acceptors (Lipinski definition) is 7. The zero-order valence-corrected chi connectivity index (χ0v) is 15.9. The molecule has 0 saturated heterocycles. The molecule has 4 N–H and O–H groups in total. The molecule has 1 fully saturated rings. The van der Waals surface area contributed by atoms with Crippen molar-refractivity contribution in [3.8, 4) is 5.88 Å². The zero-order valence-electron chi connectivity index (χ0n) is 15.9. The molecule has 10 nitrogen and oxygen atoms in total. The first-order valence-corrected chi connectivity index (χ1v) is 9.47. The first kappa shape index (κ1) is 18.9. The Hall–Kier alpha value is -4.09. The third-order valence-electron chi connectivity index (χ3n) is 4.71. The monoisotopic (exact) mass is 426 g/mol. The number of benzene rings is 1. The van der Waals surface area contributed by atoms with Gasteiger partial charge in [-0.15, -0.1) is 0 Å². The summed E-state index contributed by atoms with van der Waals surface area (Å²) < 4.78 is 28.5. The summed E-state index contributed by atoms with van der Waals surface area (Å²) in [5.74, 6) is -1.47. The van der Waals surface area contributed by atoms with Gasteiger partial charge in [0.15, 0.2) is 5.65 Å². The fraction of sp³-hybridized carbons (Fsp3) is 0.211. The van der Waals surface area contributed by atoms with Gasteiger partial charge in [0.05, 0.1) is 12.2 Å². The van der Waals surface area contributed by atoms with Gasteiger partial charge in [-0.25, -0.2) is 18.6 Å². The van der Waals surface area contributed by atoms with E-state index in [1.165, 1.54) is 28.9 Å². The van der Waals surface area contributed by atoms with E-state index in [2.05, 4.69) is 35.3 Å². The lowest BCUT2D eigenvalue weighted by Gasteiger charge is -2.06. The number of aromatic nitrogens is 6. The Morgan fingerprint density at radius 2 is 2.13 bits per heavy atom. The van der Waals surface area contributed by atoms with Crippen molar-refractivity contribution in [2.24, 2.45) is 4.99 Å². The van der Waals surface area contributed by atoms with Gasteiger partial charge in [0, 0.05) is 23.4 Å². The summed E-state index contributed by atoms with van der Waals surface area (Å²) in [6, 6.07) is 3.48. The molecule has 1 aromatic carbocycles. The molecule has 158 valence electrons. The molecule has 0 radical (unpaired) electrons. The van der Waals surface area contributed by atoms with Crippen LogP contribution in [0.15, 0.2) is 34.2 Å². The maximum atomic E-state index is 13.9. The Labute approximate surface area is 172 Å². The zero-order chi connectivity index (χ0) is 21.5. The van der Waals surface area contributed by atoms with Crippen molar-refractivity contribution >= 4 is 17.7 Å². The predicted octanol–water partition coefficient (Wildman–Crippen LogP) is 0.347. The summed E-state index contributed by atoms with van der Waals surface area (Å²) >= 11 is 0. The molecule has 31 heavy (non-hydrogen) atoms. The van der Waals surface area contributed by atoms with Crippen molar-refractivity contribution in [2.45, 2.75) is 25.4 Å². The minimum Gasteiger partial charge on any atom is -0.493 e. The summed E-state index contributed by atoms with van der Waals surface area (Å²) in [5.41, 5.74) is 0.560. The van der Waals surface area contributed by atoms with Crippen LogP contribution in [-0.4, -0.2) is 40.7 Å². The Morgan fingerprint density at radius 1 is 1.29 bits per heavy atom. The molecular formula is C19H16F2N8O2. The molecule has 4 aromatic rings. The van der Waals surface area contributed by atoms with E-state index < -0.39 is 17.3 Å². The van der Waals surface area contributed by atoms with E-state index in [0.29, 0.717) is 16.5 Å². The van der Waals surface area contributed by atoms with E-state index in [-0.39, 0.29) is 35.7 Å². The summed E-state index contributed by atoms with van der Waals surface area (Å²) in [6.07, 6.45) is 4.92. The van der Waals surface area contributed by atoms with E-state index in [0.717, 1.165) is 18.9 Å². The lowest BCUT2D eigenvalue weighted by Crippen LogP contribution is -2.24. The maximum Gasteiger partial charge on any atom is 0.326 e. The number of halogens is 2. The first-order valence-electron chi connectivity index (χ1n) is 9.47. The highest BCUT2D eigenvalue weighted by molar-refractivity contribution is 5.57. The molecule has 0 amide bonds. The highest BCUT2D eigenvalue weighted by Gasteiger charge is 2.21. The van der Waals surface area contributed by atoms with Crippen LogP contribution in [0.2, 0.25) is 0 Å². The van der Waals surface area contributed by atoms with Crippen LogP contribution in [0.25, 0.3) is 11.7 Å². The van der Waals surface area contributed by atoms with Gasteiger partial charge in [-0.1, -0.05) is 6.07 Å². The topological polar surface area (TPSA) is 136 Å². The molecule has 5 rings (SSSR count). The Kier molecular flexibility index (Phi) is 4.46. The highest BCUT2D eigenvalue weighted by atomic mass is 19.1. The highest BCUT2D eigenvalue weighted by Crippen LogP contribution is 2.22. The fourth-order valence-corrected chi connectivity index (χ4v) is 3.00. The summed E-state index contributed by atoms with van der Waals surface area (Å²) in [6.45, 7) is 0.0320. The number of fused-ring (bicyclic) bond motifs is 1. The number of H-pyrrole nitrogens is 2.